The van der Waals surface area contributed by atoms with E-state index in [1.807, 2.05) is 30.3 Å². The third-order valence-corrected chi connectivity index (χ3v) is 9.32. The van der Waals surface area contributed by atoms with Crippen molar-refractivity contribution in [2.45, 2.75) is 49.0 Å². The van der Waals surface area contributed by atoms with Crippen molar-refractivity contribution in [2.24, 2.45) is 0 Å². The van der Waals surface area contributed by atoms with E-state index in [1.54, 1.807) is 17.0 Å². The molecule has 0 atom stereocenters. The predicted octanol–water partition coefficient (Wildman–Crippen LogP) is 2.32. The summed E-state index contributed by atoms with van der Waals surface area (Å²) in [5.74, 6) is -0.254. The van der Waals surface area contributed by atoms with Gasteiger partial charge in [0, 0.05) is 39.1 Å². The van der Waals surface area contributed by atoms with Gasteiger partial charge < -0.3 is 10.2 Å². The molecule has 2 aromatic carbocycles. The normalized spacial score (nSPS) is 20.7. The fraction of sp³-hybridized carbons (Fsp3) is 0.480. The van der Waals surface area contributed by atoms with Crippen LogP contribution >= 0.6 is 0 Å². The highest BCUT2D eigenvalue weighted by atomic mass is 32.2. The number of urea groups is 1. The first-order valence-corrected chi connectivity index (χ1v) is 13.7. The van der Waals surface area contributed by atoms with Crippen LogP contribution in [0.3, 0.4) is 0 Å². The summed E-state index contributed by atoms with van der Waals surface area (Å²) in [6.45, 7) is 1.32. The second kappa shape index (κ2) is 9.23. The molecule has 2 heterocycles. The Hall–Kier alpha value is -2.98. The summed E-state index contributed by atoms with van der Waals surface area (Å²) in [5.41, 5.74) is -0.728. The SMILES string of the molecule is O=C(CCCN1C(=O)NC2(CCCC2)C1=O)N1CCN(S(=O)(=O)c2ccc3ccccc3c2)CC1. The number of hydrogen-bond acceptors (Lipinski definition) is 5. The van der Waals surface area contributed by atoms with Crippen LogP contribution in [0, 0.1) is 0 Å². The molecular formula is C25H30N4O5S. The first-order valence-electron chi connectivity index (χ1n) is 12.2. The van der Waals surface area contributed by atoms with Gasteiger partial charge >= 0.3 is 6.03 Å². The number of amides is 4. The van der Waals surface area contributed by atoms with Gasteiger partial charge in [-0.25, -0.2) is 13.2 Å². The maximum Gasteiger partial charge on any atom is 0.325 e. The Morgan fingerprint density at radius 2 is 1.63 bits per heavy atom. The van der Waals surface area contributed by atoms with Crippen LogP contribution in [0.1, 0.15) is 38.5 Å². The molecule has 0 unspecified atom stereocenters. The van der Waals surface area contributed by atoms with Crippen LogP contribution < -0.4 is 5.32 Å². The molecule has 9 nitrogen and oxygen atoms in total. The summed E-state index contributed by atoms with van der Waals surface area (Å²) < 4.78 is 27.7. The van der Waals surface area contributed by atoms with Gasteiger partial charge in [-0.2, -0.15) is 4.31 Å². The summed E-state index contributed by atoms with van der Waals surface area (Å²) in [6.07, 6.45) is 3.83. The molecular weight excluding hydrogens is 468 g/mol. The van der Waals surface area contributed by atoms with Crippen molar-refractivity contribution in [3.63, 3.8) is 0 Å². The summed E-state index contributed by atoms with van der Waals surface area (Å²) in [5, 5.41) is 4.70. The lowest BCUT2D eigenvalue weighted by Gasteiger charge is -2.34. The third-order valence-electron chi connectivity index (χ3n) is 7.43. The lowest BCUT2D eigenvalue weighted by Crippen LogP contribution is -2.50. The molecule has 0 radical (unpaired) electrons. The van der Waals surface area contributed by atoms with Crippen LogP contribution in [0.5, 0.6) is 0 Å². The minimum atomic E-state index is -3.65. The molecule has 5 rings (SSSR count). The molecule has 2 aromatic rings. The minimum Gasteiger partial charge on any atom is -0.340 e. The van der Waals surface area contributed by atoms with Crippen LogP contribution in [-0.4, -0.2) is 78.6 Å². The average molecular weight is 499 g/mol. The van der Waals surface area contributed by atoms with Crippen LogP contribution in [0.2, 0.25) is 0 Å². The van der Waals surface area contributed by atoms with Gasteiger partial charge in [0.1, 0.15) is 5.54 Å². The number of nitrogens with zero attached hydrogens (tertiary/aromatic N) is 3. The Labute approximate surface area is 205 Å². The lowest BCUT2D eigenvalue weighted by molar-refractivity contribution is -0.134. The van der Waals surface area contributed by atoms with Crippen molar-refractivity contribution in [1.82, 2.24) is 19.4 Å². The molecule has 1 spiro atoms. The van der Waals surface area contributed by atoms with Crippen molar-refractivity contribution in [3.8, 4) is 0 Å². The second-order valence-corrected chi connectivity index (χ2v) is 11.5. The maximum atomic E-state index is 13.1. The number of rotatable bonds is 6. The van der Waals surface area contributed by atoms with E-state index in [-0.39, 0.29) is 48.8 Å². The molecule has 1 aliphatic carbocycles. The molecule has 0 bridgehead atoms. The molecule has 10 heteroatoms. The molecule has 2 aliphatic heterocycles. The monoisotopic (exact) mass is 498 g/mol. The molecule has 4 amide bonds. The van der Waals surface area contributed by atoms with Gasteiger partial charge in [0.25, 0.3) is 5.91 Å². The topological polar surface area (TPSA) is 107 Å². The molecule has 35 heavy (non-hydrogen) atoms. The molecule has 1 N–H and O–H groups in total. The fourth-order valence-electron chi connectivity index (χ4n) is 5.40. The number of imide groups is 1. The lowest BCUT2D eigenvalue weighted by atomic mass is 9.98. The van der Waals surface area contributed by atoms with Gasteiger partial charge in [-0.3, -0.25) is 14.5 Å². The van der Waals surface area contributed by atoms with Crippen molar-refractivity contribution in [3.05, 3.63) is 42.5 Å². The van der Waals surface area contributed by atoms with Gasteiger partial charge in [0.05, 0.1) is 4.90 Å². The molecule has 3 fully saturated rings. The quantitative estimate of drug-likeness (QED) is 0.615. The Morgan fingerprint density at radius 3 is 2.34 bits per heavy atom. The summed E-state index contributed by atoms with van der Waals surface area (Å²) in [7, 11) is -3.65. The number of carbonyl (C=O) groups excluding carboxylic acids is 3. The zero-order valence-electron chi connectivity index (χ0n) is 19.6. The number of piperazine rings is 1. The molecule has 3 aliphatic rings. The van der Waals surface area contributed by atoms with E-state index >= 15 is 0 Å². The number of benzene rings is 2. The van der Waals surface area contributed by atoms with Crippen LogP contribution in [0.4, 0.5) is 4.79 Å². The number of carbonyl (C=O) groups is 3. The first-order chi connectivity index (χ1) is 16.8. The Morgan fingerprint density at radius 1 is 0.943 bits per heavy atom. The Bertz CT molecular complexity index is 1260. The smallest absolute Gasteiger partial charge is 0.325 e. The maximum absolute atomic E-state index is 13.1. The van der Waals surface area contributed by atoms with E-state index in [2.05, 4.69) is 5.32 Å². The van der Waals surface area contributed by atoms with Gasteiger partial charge in [0.15, 0.2) is 0 Å². The largest absolute Gasteiger partial charge is 0.340 e. The summed E-state index contributed by atoms with van der Waals surface area (Å²) in [6, 6.07) is 12.4. The standard InChI is InChI=1S/C25H30N4O5S/c30-22(8-5-13-29-23(31)25(26-24(29)32)11-3-4-12-25)27-14-16-28(17-15-27)35(33,34)21-10-9-19-6-1-2-7-20(19)18-21/h1-2,6-7,9-10,18H,3-5,8,11-17H2,(H,26,32). The van der Waals surface area contributed by atoms with E-state index in [9.17, 15) is 22.8 Å². The first kappa shape index (κ1) is 23.7. The molecule has 1 saturated carbocycles. The van der Waals surface area contributed by atoms with E-state index in [1.165, 1.54) is 9.21 Å². The zero-order valence-corrected chi connectivity index (χ0v) is 20.4. The number of sulfonamides is 1. The minimum absolute atomic E-state index is 0.0876. The zero-order chi connectivity index (χ0) is 24.6. The van der Waals surface area contributed by atoms with Gasteiger partial charge in [0.2, 0.25) is 15.9 Å². The van der Waals surface area contributed by atoms with Gasteiger partial charge in [-0.1, -0.05) is 43.2 Å². The highest BCUT2D eigenvalue weighted by Crippen LogP contribution is 2.35. The van der Waals surface area contributed by atoms with E-state index in [0.717, 1.165) is 23.6 Å². The van der Waals surface area contributed by atoms with Crippen LogP contribution in [-0.2, 0) is 19.6 Å². The Kier molecular flexibility index (Phi) is 6.27. The van der Waals surface area contributed by atoms with Gasteiger partial charge in [-0.05, 0) is 42.2 Å². The second-order valence-electron chi connectivity index (χ2n) is 9.57. The Balaban J connectivity index is 1.13. The number of nitrogens with one attached hydrogen (secondary N) is 1. The van der Waals surface area contributed by atoms with Crippen molar-refractivity contribution in [1.29, 1.82) is 0 Å². The van der Waals surface area contributed by atoms with E-state index < -0.39 is 15.6 Å². The van der Waals surface area contributed by atoms with E-state index in [0.29, 0.717) is 32.4 Å². The van der Waals surface area contributed by atoms with Crippen molar-refractivity contribution >= 4 is 38.6 Å². The molecule has 2 saturated heterocycles. The fourth-order valence-corrected chi connectivity index (χ4v) is 6.86. The highest BCUT2D eigenvalue weighted by molar-refractivity contribution is 7.89. The van der Waals surface area contributed by atoms with Crippen molar-refractivity contribution < 1.29 is 22.8 Å². The van der Waals surface area contributed by atoms with Gasteiger partial charge in [-0.15, -0.1) is 0 Å². The molecule has 0 aromatic heterocycles. The van der Waals surface area contributed by atoms with Crippen LogP contribution in [0.25, 0.3) is 10.8 Å². The third kappa shape index (κ3) is 4.40. The number of fused-ring (bicyclic) bond motifs is 1. The predicted molar refractivity (Wildman–Crippen MR) is 130 cm³/mol. The highest BCUT2D eigenvalue weighted by Gasteiger charge is 2.52. The summed E-state index contributed by atoms with van der Waals surface area (Å²) in [4.78, 5) is 40.9. The molecule has 186 valence electrons. The van der Waals surface area contributed by atoms with E-state index in [4.69, 9.17) is 0 Å². The average Bonchev–Trinajstić information content (AvgIpc) is 3.43. The van der Waals surface area contributed by atoms with Crippen molar-refractivity contribution in [2.75, 3.05) is 32.7 Å². The van der Waals surface area contributed by atoms with Crippen LogP contribution in [0.15, 0.2) is 47.4 Å². The number of hydrogen-bond donors (Lipinski definition) is 1. The summed E-state index contributed by atoms with van der Waals surface area (Å²) >= 11 is 0.